The van der Waals surface area contributed by atoms with Gasteiger partial charge in [-0.3, -0.25) is 0 Å². The van der Waals surface area contributed by atoms with Gasteiger partial charge in [0, 0.05) is 26.9 Å². The van der Waals surface area contributed by atoms with Crippen LogP contribution in [0.1, 0.15) is 0 Å². The first-order valence-corrected chi connectivity index (χ1v) is 6.17. The van der Waals surface area contributed by atoms with Gasteiger partial charge in [-0.15, -0.1) is 0 Å². The van der Waals surface area contributed by atoms with Crippen molar-refractivity contribution in [2.24, 2.45) is 0 Å². The zero-order chi connectivity index (χ0) is 11.5. The molecule has 16 heavy (non-hydrogen) atoms. The van der Waals surface area contributed by atoms with Gasteiger partial charge in [0.2, 0.25) is 0 Å². The van der Waals surface area contributed by atoms with Crippen molar-refractivity contribution in [1.29, 1.82) is 0 Å². The number of nitrogens with one attached hydrogen (secondary N) is 1. The van der Waals surface area contributed by atoms with E-state index in [-0.39, 0.29) is 0 Å². The van der Waals surface area contributed by atoms with Crippen LogP contribution in [0.2, 0.25) is 0 Å². The minimum atomic E-state index is 0.498. The highest BCUT2D eigenvalue weighted by molar-refractivity contribution is 9.11. The molecule has 0 bridgehead atoms. The molecule has 1 heterocycles. The monoisotopic (exact) mass is 341 g/mol. The molecule has 0 spiro atoms. The molecule has 0 fully saturated rings. The fourth-order valence-corrected chi connectivity index (χ4v) is 2.42. The molecule has 0 saturated carbocycles. The lowest BCUT2D eigenvalue weighted by atomic mass is 10.3. The quantitative estimate of drug-likeness (QED) is 0.869. The molecule has 0 amide bonds. The SMILES string of the molecule is Nc1cc(Nc2ccc(Br)cc2Br)ccn1. The Morgan fingerprint density at radius 3 is 2.62 bits per heavy atom. The lowest BCUT2D eigenvalue weighted by Gasteiger charge is -2.09. The number of hydrogen-bond acceptors (Lipinski definition) is 3. The first-order chi connectivity index (χ1) is 7.65. The van der Waals surface area contributed by atoms with E-state index in [2.05, 4.69) is 42.2 Å². The highest BCUT2D eigenvalue weighted by atomic mass is 79.9. The first-order valence-electron chi connectivity index (χ1n) is 4.59. The molecule has 5 heteroatoms. The molecule has 3 nitrogen and oxygen atoms in total. The van der Waals surface area contributed by atoms with Crippen LogP contribution in [0.3, 0.4) is 0 Å². The van der Waals surface area contributed by atoms with E-state index in [9.17, 15) is 0 Å². The summed E-state index contributed by atoms with van der Waals surface area (Å²) < 4.78 is 2.01. The Kier molecular flexibility index (Phi) is 3.46. The predicted molar refractivity (Wildman–Crippen MR) is 73.8 cm³/mol. The summed E-state index contributed by atoms with van der Waals surface area (Å²) >= 11 is 6.89. The summed E-state index contributed by atoms with van der Waals surface area (Å²) in [5, 5.41) is 3.25. The summed E-state index contributed by atoms with van der Waals surface area (Å²) in [4.78, 5) is 3.94. The van der Waals surface area contributed by atoms with Crippen molar-refractivity contribution in [3.8, 4) is 0 Å². The molecule has 2 rings (SSSR count). The van der Waals surface area contributed by atoms with Gasteiger partial charge in [-0.1, -0.05) is 15.9 Å². The van der Waals surface area contributed by atoms with Gasteiger partial charge in [0.1, 0.15) is 5.82 Å². The minimum Gasteiger partial charge on any atom is -0.384 e. The summed E-state index contributed by atoms with van der Waals surface area (Å²) in [5.74, 6) is 0.498. The van der Waals surface area contributed by atoms with Gasteiger partial charge in [0.15, 0.2) is 0 Å². The van der Waals surface area contributed by atoms with Gasteiger partial charge in [0.25, 0.3) is 0 Å². The fourth-order valence-electron chi connectivity index (χ4n) is 1.27. The normalized spacial score (nSPS) is 10.1. The van der Waals surface area contributed by atoms with E-state index in [0.29, 0.717) is 5.82 Å². The zero-order valence-corrected chi connectivity index (χ0v) is 11.4. The second kappa shape index (κ2) is 4.84. The third-order valence-corrected chi connectivity index (χ3v) is 3.14. The Balaban J connectivity index is 2.27. The largest absolute Gasteiger partial charge is 0.384 e. The van der Waals surface area contributed by atoms with Crippen LogP contribution in [-0.4, -0.2) is 4.98 Å². The van der Waals surface area contributed by atoms with Crippen LogP contribution >= 0.6 is 31.9 Å². The molecule has 2 aromatic rings. The van der Waals surface area contributed by atoms with Crippen LogP contribution in [-0.2, 0) is 0 Å². The van der Waals surface area contributed by atoms with Gasteiger partial charge in [0.05, 0.1) is 5.69 Å². The molecule has 0 aliphatic carbocycles. The molecule has 0 atom stereocenters. The Morgan fingerprint density at radius 1 is 1.12 bits per heavy atom. The lowest BCUT2D eigenvalue weighted by Crippen LogP contribution is -1.94. The van der Waals surface area contributed by atoms with Crippen LogP contribution < -0.4 is 11.1 Å². The van der Waals surface area contributed by atoms with Crippen molar-refractivity contribution >= 4 is 49.1 Å². The maximum Gasteiger partial charge on any atom is 0.125 e. The number of hydrogen-bond donors (Lipinski definition) is 2. The van der Waals surface area contributed by atoms with Crippen molar-refractivity contribution in [2.75, 3.05) is 11.1 Å². The number of nitrogens with two attached hydrogens (primary N) is 1. The number of aromatic nitrogens is 1. The van der Waals surface area contributed by atoms with Gasteiger partial charge in [-0.05, 0) is 40.2 Å². The minimum absolute atomic E-state index is 0.498. The van der Waals surface area contributed by atoms with Crippen molar-refractivity contribution in [2.45, 2.75) is 0 Å². The van der Waals surface area contributed by atoms with E-state index >= 15 is 0 Å². The van der Waals surface area contributed by atoms with E-state index in [1.807, 2.05) is 24.3 Å². The predicted octanol–water partition coefficient (Wildman–Crippen LogP) is 3.93. The highest BCUT2D eigenvalue weighted by Gasteiger charge is 2.01. The molecule has 82 valence electrons. The Labute approximate surface area is 110 Å². The van der Waals surface area contributed by atoms with E-state index in [0.717, 1.165) is 20.3 Å². The number of nitrogen functional groups attached to an aromatic ring is 1. The number of rotatable bonds is 2. The van der Waals surface area contributed by atoms with Crippen LogP contribution in [0.25, 0.3) is 0 Å². The second-order valence-corrected chi connectivity index (χ2v) is 4.99. The van der Waals surface area contributed by atoms with Crippen LogP contribution in [0.15, 0.2) is 45.5 Å². The van der Waals surface area contributed by atoms with E-state index in [1.165, 1.54) is 0 Å². The molecule has 0 radical (unpaired) electrons. The first kappa shape index (κ1) is 11.4. The Hall–Kier alpha value is -1.07. The molecular weight excluding hydrogens is 334 g/mol. The Morgan fingerprint density at radius 2 is 1.94 bits per heavy atom. The lowest BCUT2D eigenvalue weighted by molar-refractivity contribution is 1.33. The average molecular weight is 343 g/mol. The van der Waals surface area contributed by atoms with E-state index in [4.69, 9.17) is 5.73 Å². The second-order valence-electron chi connectivity index (χ2n) is 3.22. The van der Waals surface area contributed by atoms with Crippen molar-refractivity contribution in [1.82, 2.24) is 4.98 Å². The summed E-state index contributed by atoms with van der Waals surface area (Å²) in [7, 11) is 0. The number of halogens is 2. The maximum atomic E-state index is 5.60. The summed E-state index contributed by atoms with van der Waals surface area (Å²) in [6.07, 6.45) is 1.67. The van der Waals surface area contributed by atoms with Gasteiger partial charge in [-0.25, -0.2) is 4.98 Å². The molecular formula is C11H9Br2N3. The molecule has 1 aromatic heterocycles. The number of benzene rings is 1. The standard InChI is InChI=1S/C11H9Br2N3/c12-7-1-2-10(9(13)5-7)16-8-3-4-15-11(14)6-8/h1-6H,(H3,14,15,16). The van der Waals surface area contributed by atoms with Crippen molar-refractivity contribution in [3.05, 3.63) is 45.5 Å². The summed E-state index contributed by atoms with van der Waals surface area (Å²) in [6.45, 7) is 0. The van der Waals surface area contributed by atoms with E-state index in [1.54, 1.807) is 12.3 Å². The van der Waals surface area contributed by atoms with Crippen molar-refractivity contribution in [3.63, 3.8) is 0 Å². The number of nitrogens with zero attached hydrogens (tertiary/aromatic N) is 1. The van der Waals surface area contributed by atoms with E-state index < -0.39 is 0 Å². The third-order valence-electron chi connectivity index (χ3n) is 1.99. The molecule has 3 N–H and O–H groups in total. The molecule has 1 aromatic carbocycles. The molecule has 0 aliphatic rings. The molecule has 0 aliphatic heterocycles. The fraction of sp³-hybridized carbons (Fsp3) is 0. The van der Waals surface area contributed by atoms with Gasteiger partial charge >= 0.3 is 0 Å². The third kappa shape index (κ3) is 2.74. The average Bonchev–Trinajstić information content (AvgIpc) is 2.22. The maximum absolute atomic E-state index is 5.60. The van der Waals surface area contributed by atoms with Gasteiger partial charge in [-0.2, -0.15) is 0 Å². The smallest absolute Gasteiger partial charge is 0.125 e. The summed E-state index contributed by atoms with van der Waals surface area (Å²) in [5.41, 5.74) is 7.50. The van der Waals surface area contributed by atoms with Crippen LogP contribution in [0, 0.1) is 0 Å². The highest BCUT2D eigenvalue weighted by Crippen LogP contribution is 2.28. The van der Waals surface area contributed by atoms with Crippen molar-refractivity contribution < 1.29 is 0 Å². The summed E-state index contributed by atoms with van der Waals surface area (Å²) in [6, 6.07) is 9.58. The van der Waals surface area contributed by atoms with Crippen LogP contribution in [0.5, 0.6) is 0 Å². The number of pyridine rings is 1. The Bertz CT molecular complexity index is 514. The zero-order valence-electron chi connectivity index (χ0n) is 8.24. The topological polar surface area (TPSA) is 50.9 Å². The molecule has 0 saturated heterocycles. The molecule has 0 unspecified atom stereocenters. The van der Waals surface area contributed by atoms with Crippen LogP contribution in [0.4, 0.5) is 17.2 Å². The number of anilines is 3. The van der Waals surface area contributed by atoms with Gasteiger partial charge < -0.3 is 11.1 Å².